The Morgan fingerprint density at radius 1 is 1.88 bits per heavy atom. The maximum atomic E-state index is 4.51. The van der Waals surface area contributed by atoms with Crippen LogP contribution >= 0.6 is 0 Å². The molecule has 43 valence electrons. The quantitative estimate of drug-likeness (QED) is 0.590. The molecule has 4 heteroatoms. The van der Waals surface area contributed by atoms with E-state index in [1.165, 1.54) is 0 Å². The Morgan fingerprint density at radius 3 is 3.25 bits per heavy atom. The van der Waals surface area contributed by atoms with Gasteiger partial charge in [-0.25, -0.2) is 0 Å². The highest BCUT2D eigenvalue weighted by atomic mass is 16.5. The van der Waals surface area contributed by atoms with Crippen LogP contribution in [0.25, 0.3) is 0 Å². The molecule has 8 heavy (non-hydrogen) atoms. The fraction of sp³-hybridized carbons (Fsp3) is 0.250. The van der Waals surface area contributed by atoms with Crippen LogP contribution in [0.2, 0.25) is 0 Å². The van der Waals surface area contributed by atoms with E-state index in [9.17, 15) is 0 Å². The summed E-state index contributed by atoms with van der Waals surface area (Å²) in [6.07, 6.45) is 1.66. The Bertz CT molecular complexity index is 137. The van der Waals surface area contributed by atoms with E-state index >= 15 is 0 Å². The van der Waals surface area contributed by atoms with Crippen molar-refractivity contribution in [2.45, 2.75) is 6.61 Å². The number of hydrogen-bond acceptors (Lipinski definition) is 3. The summed E-state index contributed by atoms with van der Waals surface area (Å²) in [4.78, 5) is 0. The first-order valence-electron chi connectivity index (χ1n) is 2.16. The maximum Gasteiger partial charge on any atom is 0.108 e. The SMILES string of the molecule is [CH2]OCc1c[nH]nn1. The Morgan fingerprint density at radius 2 is 2.75 bits per heavy atom. The molecule has 0 aliphatic rings. The van der Waals surface area contributed by atoms with Gasteiger partial charge >= 0.3 is 0 Å². The number of H-pyrrole nitrogens is 1. The van der Waals surface area contributed by atoms with Gasteiger partial charge in [-0.15, -0.1) is 5.10 Å². The molecule has 4 nitrogen and oxygen atoms in total. The highest BCUT2D eigenvalue weighted by Crippen LogP contribution is 1.88. The van der Waals surface area contributed by atoms with Crippen LogP contribution in [0, 0.1) is 7.11 Å². The fourth-order valence-corrected chi connectivity index (χ4v) is 0.400. The number of nitrogens with zero attached hydrogens (tertiary/aromatic N) is 2. The predicted molar refractivity (Wildman–Crippen MR) is 26.5 cm³/mol. The van der Waals surface area contributed by atoms with Crippen LogP contribution < -0.4 is 0 Å². The van der Waals surface area contributed by atoms with Crippen LogP contribution in [0.4, 0.5) is 0 Å². The molecule has 0 atom stereocenters. The lowest BCUT2D eigenvalue weighted by molar-refractivity contribution is 0.225. The average Bonchev–Trinajstić information content (AvgIpc) is 2.19. The predicted octanol–water partition coefficient (Wildman–Crippen LogP) is 0.113. The molecule has 1 radical (unpaired) electrons. The van der Waals surface area contributed by atoms with Gasteiger partial charge in [0.25, 0.3) is 0 Å². The summed E-state index contributed by atoms with van der Waals surface area (Å²) in [6.45, 7) is 0.413. The molecule has 1 heterocycles. The summed E-state index contributed by atoms with van der Waals surface area (Å²) in [7, 11) is 3.18. The molecule has 1 N–H and O–H groups in total. The van der Waals surface area contributed by atoms with Gasteiger partial charge in [0.05, 0.1) is 13.7 Å². The van der Waals surface area contributed by atoms with Crippen molar-refractivity contribution >= 4 is 0 Å². The van der Waals surface area contributed by atoms with Gasteiger partial charge in [0, 0.05) is 6.20 Å². The van der Waals surface area contributed by atoms with E-state index in [0.717, 1.165) is 5.69 Å². The Labute approximate surface area is 46.9 Å². The van der Waals surface area contributed by atoms with Crippen molar-refractivity contribution in [1.29, 1.82) is 0 Å². The van der Waals surface area contributed by atoms with Crippen molar-refractivity contribution in [3.05, 3.63) is 19.0 Å². The largest absolute Gasteiger partial charge is 0.373 e. The molecule has 1 rings (SSSR count). The third kappa shape index (κ3) is 1.04. The Hall–Kier alpha value is -0.900. The highest BCUT2D eigenvalue weighted by molar-refractivity contribution is 4.86. The lowest BCUT2D eigenvalue weighted by Gasteiger charge is -1.85. The van der Waals surface area contributed by atoms with E-state index in [0.29, 0.717) is 6.61 Å². The molecule has 0 aromatic carbocycles. The number of nitrogens with one attached hydrogen (secondary N) is 1. The summed E-state index contributed by atoms with van der Waals surface area (Å²) < 4.78 is 4.51. The minimum absolute atomic E-state index is 0.413. The number of rotatable bonds is 2. The fourth-order valence-electron chi connectivity index (χ4n) is 0.400. The van der Waals surface area contributed by atoms with Gasteiger partial charge < -0.3 is 4.74 Å². The summed E-state index contributed by atoms with van der Waals surface area (Å²) in [6, 6.07) is 0. The topological polar surface area (TPSA) is 50.8 Å². The van der Waals surface area contributed by atoms with Crippen LogP contribution in [0.5, 0.6) is 0 Å². The van der Waals surface area contributed by atoms with Gasteiger partial charge in [0.1, 0.15) is 5.69 Å². The van der Waals surface area contributed by atoms with E-state index in [1.54, 1.807) is 6.20 Å². The minimum Gasteiger partial charge on any atom is -0.373 e. The molecule has 0 aliphatic heterocycles. The van der Waals surface area contributed by atoms with Gasteiger partial charge in [0.2, 0.25) is 0 Å². The van der Waals surface area contributed by atoms with Gasteiger partial charge in [-0.05, 0) is 0 Å². The smallest absolute Gasteiger partial charge is 0.108 e. The average molecular weight is 112 g/mol. The van der Waals surface area contributed by atoms with Crippen LogP contribution in [0.1, 0.15) is 5.69 Å². The Balaban J connectivity index is 2.50. The molecular weight excluding hydrogens is 106 g/mol. The normalized spacial score (nSPS) is 9.62. The zero-order chi connectivity index (χ0) is 5.82. The molecule has 1 aromatic heterocycles. The summed E-state index contributed by atoms with van der Waals surface area (Å²) in [5.41, 5.74) is 0.764. The molecule has 0 aliphatic carbocycles. The van der Waals surface area contributed by atoms with E-state index in [1.807, 2.05) is 0 Å². The zero-order valence-corrected chi connectivity index (χ0v) is 4.29. The van der Waals surface area contributed by atoms with Crippen molar-refractivity contribution in [3.63, 3.8) is 0 Å². The molecule has 1 aromatic rings. The molecule has 0 unspecified atom stereocenters. The van der Waals surface area contributed by atoms with Crippen LogP contribution in [0.3, 0.4) is 0 Å². The second-order valence-corrected chi connectivity index (χ2v) is 1.31. The van der Waals surface area contributed by atoms with Crippen LogP contribution in [0.15, 0.2) is 6.20 Å². The van der Waals surface area contributed by atoms with Crippen molar-refractivity contribution < 1.29 is 4.74 Å². The van der Waals surface area contributed by atoms with Crippen LogP contribution in [-0.4, -0.2) is 15.4 Å². The van der Waals surface area contributed by atoms with Gasteiger partial charge in [-0.1, -0.05) is 5.21 Å². The molecule has 0 saturated carbocycles. The zero-order valence-electron chi connectivity index (χ0n) is 4.29. The maximum absolute atomic E-state index is 4.51. The number of aromatic amines is 1. The highest BCUT2D eigenvalue weighted by Gasteiger charge is 1.89. The monoisotopic (exact) mass is 112 g/mol. The van der Waals surface area contributed by atoms with Crippen molar-refractivity contribution in [2.75, 3.05) is 0 Å². The van der Waals surface area contributed by atoms with E-state index in [2.05, 4.69) is 27.3 Å². The third-order valence-electron chi connectivity index (χ3n) is 0.717. The number of ether oxygens (including phenoxy) is 1. The van der Waals surface area contributed by atoms with Crippen molar-refractivity contribution in [3.8, 4) is 0 Å². The summed E-state index contributed by atoms with van der Waals surface area (Å²) >= 11 is 0. The lowest BCUT2D eigenvalue weighted by Crippen LogP contribution is -1.84. The minimum atomic E-state index is 0.413. The first-order chi connectivity index (χ1) is 3.93. The standard InChI is InChI=1S/C4H6N3O/c1-8-3-4-2-5-7-6-4/h2H,1,3H2,(H,5,6,7). The van der Waals surface area contributed by atoms with Crippen molar-refractivity contribution in [2.24, 2.45) is 0 Å². The molecule has 0 amide bonds. The van der Waals surface area contributed by atoms with Gasteiger partial charge in [0.15, 0.2) is 0 Å². The van der Waals surface area contributed by atoms with E-state index in [-0.39, 0.29) is 0 Å². The first kappa shape index (κ1) is 5.24. The number of aromatic nitrogens is 3. The molecule has 0 fully saturated rings. The van der Waals surface area contributed by atoms with E-state index < -0.39 is 0 Å². The van der Waals surface area contributed by atoms with E-state index in [4.69, 9.17) is 0 Å². The third-order valence-corrected chi connectivity index (χ3v) is 0.717. The Kier molecular flexibility index (Phi) is 1.58. The summed E-state index contributed by atoms with van der Waals surface area (Å²) in [5.74, 6) is 0. The van der Waals surface area contributed by atoms with Gasteiger partial charge in [-0.2, -0.15) is 0 Å². The second-order valence-electron chi connectivity index (χ2n) is 1.31. The lowest BCUT2D eigenvalue weighted by atomic mass is 10.5. The molecule has 0 spiro atoms. The molecular formula is C4H6N3O. The van der Waals surface area contributed by atoms with Gasteiger partial charge in [-0.3, -0.25) is 5.10 Å². The van der Waals surface area contributed by atoms with Crippen LogP contribution in [-0.2, 0) is 11.3 Å². The molecule has 0 bridgehead atoms. The van der Waals surface area contributed by atoms with Crippen molar-refractivity contribution in [1.82, 2.24) is 15.4 Å². The summed E-state index contributed by atoms with van der Waals surface area (Å²) in [5, 5.41) is 9.64. The second kappa shape index (κ2) is 2.42. The first-order valence-corrected chi connectivity index (χ1v) is 2.16. The number of hydrogen-bond donors (Lipinski definition) is 1. The molecule has 0 saturated heterocycles.